The molecule has 1 unspecified atom stereocenters. The van der Waals surface area contributed by atoms with Gasteiger partial charge in [-0.15, -0.1) is 0 Å². The fraction of sp³-hybridized carbons (Fsp3) is 0.217. The van der Waals surface area contributed by atoms with Gasteiger partial charge in [0, 0.05) is 36.4 Å². The van der Waals surface area contributed by atoms with Crippen LogP contribution in [0.2, 0.25) is 0 Å². The predicted molar refractivity (Wildman–Crippen MR) is 115 cm³/mol. The highest BCUT2D eigenvalue weighted by atomic mass is 16.5. The molecular weight excluding hydrogens is 380 g/mol. The highest BCUT2D eigenvalue weighted by Gasteiger charge is 2.23. The number of benzene rings is 2. The summed E-state index contributed by atoms with van der Waals surface area (Å²) in [6.07, 6.45) is 3.55. The van der Waals surface area contributed by atoms with E-state index in [2.05, 4.69) is 15.3 Å². The Hall–Kier alpha value is -3.74. The largest absolute Gasteiger partial charge is 0.497 e. The lowest BCUT2D eigenvalue weighted by molar-refractivity contribution is 0.0937. The van der Waals surface area contributed by atoms with Gasteiger partial charge in [0.1, 0.15) is 29.1 Å². The van der Waals surface area contributed by atoms with Crippen LogP contribution in [0.3, 0.4) is 0 Å². The minimum atomic E-state index is -0.491. The third-order valence-corrected chi connectivity index (χ3v) is 5.12. The molecule has 0 bridgehead atoms. The van der Waals surface area contributed by atoms with Crippen molar-refractivity contribution in [1.82, 2.24) is 19.9 Å². The molecule has 4 aromatic rings. The number of amides is 1. The molecule has 2 N–H and O–H groups in total. The molecule has 4 rings (SSSR count). The van der Waals surface area contributed by atoms with Crippen molar-refractivity contribution in [1.29, 1.82) is 0 Å². The summed E-state index contributed by atoms with van der Waals surface area (Å²) in [7, 11) is 5.09. The van der Waals surface area contributed by atoms with Crippen molar-refractivity contribution in [3.63, 3.8) is 0 Å². The molecule has 0 spiro atoms. The summed E-state index contributed by atoms with van der Waals surface area (Å²) >= 11 is 0. The van der Waals surface area contributed by atoms with Crippen LogP contribution in [0, 0.1) is 6.92 Å². The molecule has 1 atom stereocenters. The van der Waals surface area contributed by atoms with Gasteiger partial charge in [0.05, 0.1) is 14.2 Å². The molecule has 1 amide bonds. The van der Waals surface area contributed by atoms with Crippen LogP contribution >= 0.6 is 0 Å². The first kappa shape index (κ1) is 19.6. The van der Waals surface area contributed by atoms with Crippen LogP contribution in [0.25, 0.3) is 10.9 Å². The summed E-state index contributed by atoms with van der Waals surface area (Å²) in [5, 5.41) is 4.09. The number of hydrogen-bond donors (Lipinski definition) is 2. The summed E-state index contributed by atoms with van der Waals surface area (Å²) in [5.41, 5.74) is 3.35. The van der Waals surface area contributed by atoms with Crippen LogP contribution in [0.15, 0.2) is 54.9 Å². The number of carbonyl (C=O) groups excluding carboxylic acids is 1. The molecule has 0 aliphatic rings. The van der Waals surface area contributed by atoms with E-state index in [0.29, 0.717) is 23.0 Å². The number of ether oxygens (including phenoxy) is 2. The van der Waals surface area contributed by atoms with E-state index in [1.165, 1.54) is 0 Å². The Morgan fingerprint density at radius 1 is 1.10 bits per heavy atom. The quantitative estimate of drug-likeness (QED) is 0.513. The van der Waals surface area contributed by atoms with E-state index in [1.54, 1.807) is 26.5 Å². The van der Waals surface area contributed by atoms with Gasteiger partial charge in [-0.05, 0) is 42.3 Å². The topological polar surface area (TPSA) is 81.2 Å². The normalized spacial score (nSPS) is 12.0. The lowest BCUT2D eigenvalue weighted by Crippen LogP contribution is -2.31. The second-order valence-electron chi connectivity index (χ2n) is 7.22. The molecule has 7 heteroatoms. The maximum absolute atomic E-state index is 13.2. The Morgan fingerprint density at radius 3 is 2.47 bits per heavy atom. The Labute approximate surface area is 174 Å². The smallest absolute Gasteiger partial charge is 0.268 e. The number of carbonyl (C=O) groups is 1. The number of fused-ring (bicyclic) bond motifs is 1. The van der Waals surface area contributed by atoms with Crippen molar-refractivity contribution in [3.8, 4) is 11.5 Å². The second-order valence-corrected chi connectivity index (χ2v) is 7.22. The van der Waals surface area contributed by atoms with E-state index in [4.69, 9.17) is 9.47 Å². The predicted octanol–water partition coefficient (Wildman–Crippen LogP) is 3.75. The summed E-state index contributed by atoms with van der Waals surface area (Å²) in [6, 6.07) is 12.9. The molecular formula is C23H24N4O3. The molecule has 2 aromatic heterocycles. The van der Waals surface area contributed by atoms with Crippen LogP contribution < -0.4 is 14.8 Å². The van der Waals surface area contributed by atoms with Gasteiger partial charge in [0.15, 0.2) is 0 Å². The average Bonchev–Trinajstić information content (AvgIpc) is 3.37. The Morgan fingerprint density at radius 2 is 1.83 bits per heavy atom. The zero-order valence-electron chi connectivity index (χ0n) is 17.4. The lowest BCUT2D eigenvalue weighted by atomic mass is 10.0. The molecule has 30 heavy (non-hydrogen) atoms. The van der Waals surface area contributed by atoms with Gasteiger partial charge in [0.25, 0.3) is 5.91 Å². The molecule has 0 radical (unpaired) electrons. The molecule has 0 aliphatic carbocycles. The van der Waals surface area contributed by atoms with E-state index < -0.39 is 6.04 Å². The first-order valence-electron chi connectivity index (χ1n) is 9.59. The molecule has 2 heterocycles. The number of nitrogens with zero attached hydrogens (tertiary/aromatic N) is 2. The van der Waals surface area contributed by atoms with Gasteiger partial charge in [-0.1, -0.05) is 12.1 Å². The van der Waals surface area contributed by atoms with Crippen molar-refractivity contribution in [2.24, 2.45) is 7.05 Å². The number of H-pyrrole nitrogens is 1. The van der Waals surface area contributed by atoms with Crippen molar-refractivity contribution >= 4 is 16.8 Å². The van der Waals surface area contributed by atoms with Crippen molar-refractivity contribution < 1.29 is 14.3 Å². The van der Waals surface area contributed by atoms with Crippen LogP contribution in [0.5, 0.6) is 11.5 Å². The SMILES string of the molecule is COc1cc(OC)cc(C(NC(=O)c2cc3ccc(C)cc3[nH]2)c2nccn2C)c1. The van der Waals surface area contributed by atoms with Crippen molar-refractivity contribution in [3.05, 3.63) is 77.5 Å². The summed E-state index contributed by atoms with van der Waals surface area (Å²) in [4.78, 5) is 20.8. The zero-order chi connectivity index (χ0) is 21.3. The van der Waals surface area contributed by atoms with Gasteiger partial charge in [0.2, 0.25) is 0 Å². The lowest BCUT2D eigenvalue weighted by Gasteiger charge is -2.20. The second kappa shape index (κ2) is 7.94. The molecule has 0 saturated heterocycles. The van der Waals surface area contributed by atoms with Crippen molar-refractivity contribution in [2.45, 2.75) is 13.0 Å². The fourth-order valence-corrected chi connectivity index (χ4v) is 3.52. The minimum Gasteiger partial charge on any atom is -0.497 e. The van der Waals surface area contributed by atoms with E-state index in [9.17, 15) is 4.79 Å². The van der Waals surface area contributed by atoms with E-state index in [1.807, 2.05) is 61.1 Å². The van der Waals surface area contributed by atoms with E-state index in [0.717, 1.165) is 22.0 Å². The number of nitrogens with one attached hydrogen (secondary N) is 2. The molecule has 2 aromatic carbocycles. The average molecular weight is 404 g/mol. The number of aromatic amines is 1. The number of imidazole rings is 1. The first-order valence-corrected chi connectivity index (χ1v) is 9.59. The standard InChI is InChI=1S/C23H24N4O3/c1-14-5-6-15-12-20(25-19(15)9-14)23(28)26-21(22-24-7-8-27(22)2)16-10-17(29-3)13-18(11-16)30-4/h5-13,21,25H,1-4H3,(H,26,28). The van der Waals surface area contributed by atoms with Gasteiger partial charge in [-0.25, -0.2) is 4.98 Å². The number of rotatable bonds is 6. The Kier molecular flexibility index (Phi) is 5.18. The van der Waals surface area contributed by atoms with Crippen LogP contribution in [0.1, 0.15) is 33.5 Å². The van der Waals surface area contributed by atoms with Crippen LogP contribution in [-0.4, -0.2) is 34.7 Å². The highest BCUT2D eigenvalue weighted by Crippen LogP contribution is 2.30. The van der Waals surface area contributed by atoms with Gasteiger partial charge in [-0.3, -0.25) is 4.79 Å². The van der Waals surface area contributed by atoms with Crippen molar-refractivity contribution in [2.75, 3.05) is 14.2 Å². The highest BCUT2D eigenvalue weighted by molar-refractivity contribution is 5.98. The van der Waals surface area contributed by atoms with E-state index in [-0.39, 0.29) is 5.91 Å². The van der Waals surface area contributed by atoms with E-state index >= 15 is 0 Å². The fourth-order valence-electron chi connectivity index (χ4n) is 3.52. The van der Waals surface area contributed by atoms with Crippen LogP contribution in [-0.2, 0) is 7.05 Å². The third-order valence-electron chi connectivity index (χ3n) is 5.12. The molecule has 0 aliphatic heterocycles. The molecule has 0 fully saturated rings. The monoisotopic (exact) mass is 404 g/mol. The minimum absolute atomic E-state index is 0.223. The zero-order valence-corrected chi connectivity index (χ0v) is 17.4. The Balaban J connectivity index is 1.73. The third kappa shape index (κ3) is 3.74. The number of aromatic nitrogens is 3. The maximum atomic E-state index is 13.2. The summed E-state index contributed by atoms with van der Waals surface area (Å²) < 4.78 is 12.7. The number of aryl methyl sites for hydroxylation is 2. The molecule has 154 valence electrons. The Bertz CT molecular complexity index is 1190. The number of methoxy groups -OCH3 is 2. The first-order chi connectivity index (χ1) is 14.5. The number of hydrogen-bond acceptors (Lipinski definition) is 4. The van der Waals surface area contributed by atoms with Crippen LogP contribution in [0.4, 0.5) is 0 Å². The maximum Gasteiger partial charge on any atom is 0.268 e. The van der Waals surface area contributed by atoms with Gasteiger partial charge >= 0.3 is 0 Å². The summed E-state index contributed by atoms with van der Waals surface area (Å²) in [6.45, 7) is 2.02. The molecule has 7 nitrogen and oxygen atoms in total. The molecule has 0 saturated carbocycles. The van der Waals surface area contributed by atoms with Gasteiger partial charge < -0.3 is 24.3 Å². The summed E-state index contributed by atoms with van der Waals surface area (Å²) in [5.74, 6) is 1.75. The van der Waals surface area contributed by atoms with Gasteiger partial charge in [-0.2, -0.15) is 0 Å².